The fourth-order valence-electron chi connectivity index (χ4n) is 2.42. The second kappa shape index (κ2) is 6.59. The van der Waals surface area contributed by atoms with E-state index < -0.39 is 0 Å². The first-order valence-electron chi connectivity index (χ1n) is 6.89. The lowest BCUT2D eigenvalue weighted by molar-refractivity contribution is -0.114. The van der Waals surface area contributed by atoms with Gasteiger partial charge < -0.3 is 11.1 Å². The second-order valence-corrected chi connectivity index (χ2v) is 6.25. The summed E-state index contributed by atoms with van der Waals surface area (Å²) < 4.78 is 0. The minimum absolute atomic E-state index is 0.140. The molecule has 22 heavy (non-hydrogen) atoms. The summed E-state index contributed by atoms with van der Waals surface area (Å²) in [6.45, 7) is 5.31. The molecule has 3 nitrogen and oxygen atoms in total. The van der Waals surface area contributed by atoms with Crippen LogP contribution in [0.25, 0.3) is 0 Å². The molecule has 2 aromatic rings. The van der Waals surface area contributed by atoms with Crippen molar-refractivity contribution in [3.8, 4) is 0 Å². The number of anilines is 2. The summed E-state index contributed by atoms with van der Waals surface area (Å²) >= 11 is 12.4. The van der Waals surface area contributed by atoms with E-state index >= 15 is 0 Å². The molecule has 3 N–H and O–H groups in total. The Labute approximate surface area is 140 Å². The lowest BCUT2D eigenvalue weighted by Crippen LogP contribution is -2.08. The average Bonchev–Trinajstić information content (AvgIpc) is 2.40. The number of nitrogens with one attached hydrogen (secondary N) is 1. The number of nitrogen functional groups attached to an aromatic ring is 1. The van der Waals surface area contributed by atoms with Crippen LogP contribution in [0.1, 0.15) is 29.2 Å². The summed E-state index contributed by atoms with van der Waals surface area (Å²) in [5.74, 6) is -0.140. The van der Waals surface area contributed by atoms with Crippen LogP contribution in [-0.2, 0) is 11.2 Å². The van der Waals surface area contributed by atoms with Crippen molar-refractivity contribution in [2.24, 2.45) is 0 Å². The third kappa shape index (κ3) is 3.73. The van der Waals surface area contributed by atoms with Gasteiger partial charge in [0.25, 0.3) is 0 Å². The molecule has 0 fully saturated rings. The summed E-state index contributed by atoms with van der Waals surface area (Å²) in [5, 5.41) is 3.84. The summed E-state index contributed by atoms with van der Waals surface area (Å²) in [5.41, 5.74) is 11.1. The zero-order valence-corrected chi connectivity index (χ0v) is 14.3. The van der Waals surface area contributed by atoms with Gasteiger partial charge in [0.2, 0.25) is 5.91 Å². The second-order valence-electron chi connectivity index (χ2n) is 5.44. The molecular weight excluding hydrogens is 319 g/mol. The molecule has 0 aromatic heterocycles. The van der Waals surface area contributed by atoms with Crippen molar-refractivity contribution in [3.05, 3.63) is 56.6 Å². The minimum Gasteiger partial charge on any atom is -0.397 e. The van der Waals surface area contributed by atoms with E-state index in [9.17, 15) is 4.79 Å². The molecule has 0 spiro atoms. The number of amides is 1. The van der Waals surface area contributed by atoms with Gasteiger partial charge in [-0.15, -0.1) is 0 Å². The summed E-state index contributed by atoms with van der Waals surface area (Å²) in [6, 6.07) is 7.76. The predicted molar refractivity (Wildman–Crippen MR) is 93.9 cm³/mol. The van der Waals surface area contributed by atoms with Crippen molar-refractivity contribution in [2.75, 3.05) is 11.1 Å². The van der Waals surface area contributed by atoms with E-state index in [0.29, 0.717) is 27.8 Å². The predicted octanol–water partition coefficient (Wildman–Crippen LogP) is 4.74. The first kappa shape index (κ1) is 16.7. The molecule has 5 heteroatoms. The lowest BCUT2D eigenvalue weighted by Gasteiger charge is -2.13. The number of hydrogen-bond acceptors (Lipinski definition) is 2. The molecule has 1 amide bonds. The van der Waals surface area contributed by atoms with E-state index in [4.69, 9.17) is 28.9 Å². The van der Waals surface area contributed by atoms with E-state index in [1.165, 1.54) is 6.92 Å². The number of nitrogens with two attached hydrogens (primary N) is 1. The topological polar surface area (TPSA) is 55.1 Å². The van der Waals surface area contributed by atoms with Crippen LogP contribution < -0.4 is 11.1 Å². The van der Waals surface area contributed by atoms with Gasteiger partial charge in [0.15, 0.2) is 0 Å². The van der Waals surface area contributed by atoms with Gasteiger partial charge in [0.1, 0.15) is 0 Å². The molecule has 116 valence electrons. The number of benzene rings is 2. The highest BCUT2D eigenvalue weighted by atomic mass is 35.5. The zero-order valence-electron chi connectivity index (χ0n) is 12.8. The average molecular weight is 337 g/mol. The Hall–Kier alpha value is -1.71. The van der Waals surface area contributed by atoms with Crippen LogP contribution in [0.2, 0.25) is 10.0 Å². The Morgan fingerprint density at radius 2 is 1.59 bits per heavy atom. The number of hydrogen-bond donors (Lipinski definition) is 2. The molecule has 2 rings (SSSR count). The molecule has 0 aliphatic rings. The number of aryl methyl sites for hydroxylation is 2. The summed E-state index contributed by atoms with van der Waals surface area (Å²) in [4.78, 5) is 11.2. The molecule has 0 unspecified atom stereocenters. The van der Waals surface area contributed by atoms with Crippen LogP contribution in [0.5, 0.6) is 0 Å². The van der Waals surface area contributed by atoms with Crippen LogP contribution in [0.3, 0.4) is 0 Å². The number of rotatable bonds is 3. The van der Waals surface area contributed by atoms with Crippen molar-refractivity contribution in [1.82, 2.24) is 0 Å². The highest BCUT2D eigenvalue weighted by molar-refractivity contribution is 6.34. The monoisotopic (exact) mass is 336 g/mol. The molecule has 0 radical (unpaired) electrons. The van der Waals surface area contributed by atoms with Gasteiger partial charge in [-0.25, -0.2) is 0 Å². The van der Waals surface area contributed by atoms with E-state index in [2.05, 4.69) is 5.32 Å². The quantitative estimate of drug-likeness (QED) is 0.795. The minimum atomic E-state index is -0.140. The lowest BCUT2D eigenvalue weighted by atomic mass is 10.00. The largest absolute Gasteiger partial charge is 0.397 e. The van der Waals surface area contributed by atoms with Gasteiger partial charge in [0.05, 0.1) is 21.4 Å². The Bertz CT molecular complexity index is 695. The van der Waals surface area contributed by atoms with Crippen molar-refractivity contribution in [2.45, 2.75) is 27.2 Å². The molecule has 0 aliphatic heterocycles. The summed E-state index contributed by atoms with van der Waals surface area (Å²) in [7, 11) is 0. The van der Waals surface area contributed by atoms with Crippen LogP contribution in [0, 0.1) is 13.8 Å². The third-order valence-electron chi connectivity index (χ3n) is 3.45. The fourth-order valence-corrected chi connectivity index (χ4v) is 3.04. The van der Waals surface area contributed by atoms with Gasteiger partial charge in [-0.1, -0.05) is 35.3 Å². The molecule has 0 heterocycles. The van der Waals surface area contributed by atoms with E-state index in [1.54, 1.807) is 0 Å². The van der Waals surface area contributed by atoms with Gasteiger partial charge in [-0.05, 0) is 54.7 Å². The Morgan fingerprint density at radius 3 is 2.09 bits per heavy atom. The SMILES string of the molecule is CC(=O)Nc1c(C)cc(Cc2cc(C)c(N)c(Cl)c2)cc1Cl. The first-order valence-corrected chi connectivity index (χ1v) is 7.64. The highest BCUT2D eigenvalue weighted by Gasteiger charge is 2.10. The molecule has 0 aliphatic carbocycles. The fraction of sp³-hybridized carbons (Fsp3) is 0.235. The molecular formula is C17H18Cl2N2O. The maximum absolute atomic E-state index is 11.2. The maximum atomic E-state index is 11.2. The van der Waals surface area contributed by atoms with E-state index in [0.717, 1.165) is 22.3 Å². The van der Waals surface area contributed by atoms with E-state index in [-0.39, 0.29) is 5.91 Å². The first-order chi connectivity index (χ1) is 10.3. The number of halogens is 2. The third-order valence-corrected chi connectivity index (χ3v) is 4.06. The Balaban J connectivity index is 2.33. The zero-order chi connectivity index (χ0) is 16.4. The standard InChI is InChI=1S/C17H18Cl2N2O/c1-9-4-12(7-14(18)16(9)20)6-13-5-10(2)17(15(19)8-13)21-11(3)22/h4-5,7-8H,6,20H2,1-3H3,(H,21,22). The van der Waals surface area contributed by atoms with Gasteiger partial charge in [-0.2, -0.15) is 0 Å². The van der Waals surface area contributed by atoms with Crippen LogP contribution in [0.15, 0.2) is 24.3 Å². The van der Waals surface area contributed by atoms with Gasteiger partial charge in [0, 0.05) is 6.92 Å². The number of carbonyl (C=O) groups is 1. The Kier molecular flexibility index (Phi) is 4.99. The molecule has 0 atom stereocenters. The van der Waals surface area contributed by atoms with Gasteiger partial charge >= 0.3 is 0 Å². The summed E-state index contributed by atoms with van der Waals surface area (Å²) in [6.07, 6.45) is 0.696. The maximum Gasteiger partial charge on any atom is 0.221 e. The van der Waals surface area contributed by atoms with Gasteiger partial charge in [-0.3, -0.25) is 4.79 Å². The molecule has 0 saturated carbocycles. The van der Waals surface area contributed by atoms with Crippen molar-refractivity contribution < 1.29 is 4.79 Å². The van der Waals surface area contributed by atoms with E-state index in [1.807, 2.05) is 38.1 Å². The van der Waals surface area contributed by atoms with Crippen molar-refractivity contribution >= 4 is 40.5 Å². The van der Waals surface area contributed by atoms with Crippen molar-refractivity contribution in [1.29, 1.82) is 0 Å². The number of carbonyl (C=O) groups excluding carboxylic acids is 1. The molecule has 0 bridgehead atoms. The normalized spacial score (nSPS) is 10.6. The van der Waals surface area contributed by atoms with Crippen molar-refractivity contribution in [3.63, 3.8) is 0 Å². The molecule has 2 aromatic carbocycles. The van der Waals surface area contributed by atoms with Crippen LogP contribution in [0.4, 0.5) is 11.4 Å². The molecule has 0 saturated heterocycles. The smallest absolute Gasteiger partial charge is 0.221 e. The van der Waals surface area contributed by atoms with Crippen LogP contribution in [-0.4, -0.2) is 5.91 Å². The Morgan fingerprint density at radius 1 is 1.05 bits per heavy atom. The highest BCUT2D eigenvalue weighted by Crippen LogP contribution is 2.30. The van der Waals surface area contributed by atoms with Crippen LogP contribution >= 0.6 is 23.2 Å².